The van der Waals surface area contributed by atoms with Crippen LogP contribution in [0.4, 0.5) is 0 Å². The van der Waals surface area contributed by atoms with Gasteiger partial charge < -0.3 is 9.80 Å². The van der Waals surface area contributed by atoms with Gasteiger partial charge in [-0.1, -0.05) is 20.8 Å². The quantitative estimate of drug-likeness (QED) is 0.840. The standard InChI is InChI=1S/C15H22N2O2S/c1-15(2,3)10-13(18)16-5-7-17(8-6-16)14(19)12-4-9-20-11-12/h4,9,11H,5-8,10H2,1-3H3. The number of carbonyl (C=O) groups excluding carboxylic acids is 2. The SMILES string of the molecule is CC(C)(C)CC(=O)N1CCN(C(=O)c2ccsc2)CC1. The van der Waals surface area contributed by atoms with E-state index in [2.05, 4.69) is 20.8 Å². The molecule has 1 aliphatic heterocycles. The monoisotopic (exact) mass is 294 g/mol. The Hall–Kier alpha value is -1.36. The predicted molar refractivity (Wildman–Crippen MR) is 80.9 cm³/mol. The molecule has 4 nitrogen and oxygen atoms in total. The molecule has 1 saturated heterocycles. The van der Waals surface area contributed by atoms with E-state index < -0.39 is 0 Å². The van der Waals surface area contributed by atoms with E-state index in [-0.39, 0.29) is 17.2 Å². The van der Waals surface area contributed by atoms with Crippen molar-refractivity contribution < 1.29 is 9.59 Å². The van der Waals surface area contributed by atoms with Crippen LogP contribution >= 0.6 is 11.3 Å². The van der Waals surface area contributed by atoms with Crippen molar-refractivity contribution in [2.45, 2.75) is 27.2 Å². The third kappa shape index (κ3) is 3.82. The summed E-state index contributed by atoms with van der Waals surface area (Å²) in [6, 6.07) is 1.85. The maximum Gasteiger partial charge on any atom is 0.254 e. The summed E-state index contributed by atoms with van der Waals surface area (Å²) in [5.74, 6) is 0.273. The third-order valence-corrected chi connectivity index (χ3v) is 4.05. The highest BCUT2D eigenvalue weighted by Gasteiger charge is 2.27. The molecule has 0 unspecified atom stereocenters. The Kier molecular flexibility index (Phi) is 4.48. The first-order chi connectivity index (χ1) is 9.37. The molecular weight excluding hydrogens is 272 g/mol. The Balaban J connectivity index is 1.86. The summed E-state index contributed by atoms with van der Waals surface area (Å²) in [6.45, 7) is 8.76. The summed E-state index contributed by atoms with van der Waals surface area (Å²) in [5, 5.41) is 3.79. The highest BCUT2D eigenvalue weighted by atomic mass is 32.1. The number of thiophene rings is 1. The van der Waals surface area contributed by atoms with Gasteiger partial charge in [0, 0.05) is 38.0 Å². The van der Waals surface area contributed by atoms with Crippen molar-refractivity contribution >= 4 is 23.2 Å². The van der Waals surface area contributed by atoms with Crippen molar-refractivity contribution in [3.63, 3.8) is 0 Å². The zero-order chi connectivity index (χ0) is 14.8. The van der Waals surface area contributed by atoms with Crippen LogP contribution in [0.2, 0.25) is 0 Å². The van der Waals surface area contributed by atoms with Crippen LogP contribution in [0.3, 0.4) is 0 Å². The number of carbonyl (C=O) groups is 2. The van der Waals surface area contributed by atoms with E-state index in [0.29, 0.717) is 32.6 Å². The Bertz CT molecular complexity index is 469. The lowest BCUT2D eigenvalue weighted by molar-refractivity contribution is -0.134. The van der Waals surface area contributed by atoms with Crippen LogP contribution < -0.4 is 0 Å². The molecule has 1 fully saturated rings. The van der Waals surface area contributed by atoms with Gasteiger partial charge in [-0.15, -0.1) is 0 Å². The first-order valence-corrected chi connectivity index (χ1v) is 7.90. The van der Waals surface area contributed by atoms with Crippen LogP contribution in [-0.4, -0.2) is 47.8 Å². The van der Waals surface area contributed by atoms with Gasteiger partial charge in [0.1, 0.15) is 0 Å². The molecule has 20 heavy (non-hydrogen) atoms. The summed E-state index contributed by atoms with van der Waals surface area (Å²) < 4.78 is 0. The minimum absolute atomic E-state index is 0.0146. The Morgan fingerprint density at radius 3 is 2.25 bits per heavy atom. The van der Waals surface area contributed by atoms with Crippen molar-refractivity contribution in [2.75, 3.05) is 26.2 Å². The van der Waals surface area contributed by atoms with Crippen molar-refractivity contribution in [1.82, 2.24) is 9.80 Å². The molecule has 110 valence electrons. The first kappa shape index (κ1) is 15.0. The van der Waals surface area contributed by atoms with Crippen LogP contribution in [0, 0.1) is 5.41 Å². The van der Waals surface area contributed by atoms with E-state index in [0.717, 1.165) is 5.56 Å². The number of nitrogens with zero attached hydrogens (tertiary/aromatic N) is 2. The highest BCUT2D eigenvalue weighted by Crippen LogP contribution is 2.20. The van der Waals surface area contributed by atoms with Gasteiger partial charge in [-0.2, -0.15) is 11.3 Å². The normalized spacial score (nSPS) is 16.4. The van der Waals surface area contributed by atoms with Crippen molar-refractivity contribution in [1.29, 1.82) is 0 Å². The second kappa shape index (κ2) is 5.95. The molecule has 0 spiro atoms. The maximum absolute atomic E-state index is 12.2. The maximum atomic E-state index is 12.2. The molecule has 1 aromatic rings. The smallest absolute Gasteiger partial charge is 0.254 e. The minimum Gasteiger partial charge on any atom is -0.339 e. The zero-order valence-electron chi connectivity index (χ0n) is 12.4. The van der Waals surface area contributed by atoms with Gasteiger partial charge >= 0.3 is 0 Å². The average molecular weight is 294 g/mol. The highest BCUT2D eigenvalue weighted by molar-refractivity contribution is 7.08. The molecule has 5 heteroatoms. The number of rotatable bonds is 2. The summed E-state index contributed by atoms with van der Waals surface area (Å²) in [6.07, 6.45) is 0.561. The lowest BCUT2D eigenvalue weighted by atomic mass is 9.91. The van der Waals surface area contributed by atoms with Crippen molar-refractivity contribution in [3.05, 3.63) is 22.4 Å². The number of hydrogen-bond acceptors (Lipinski definition) is 3. The van der Waals surface area contributed by atoms with Gasteiger partial charge in [0.05, 0.1) is 5.56 Å². The van der Waals surface area contributed by atoms with E-state index in [9.17, 15) is 9.59 Å². The zero-order valence-corrected chi connectivity index (χ0v) is 13.2. The molecule has 1 aromatic heterocycles. The average Bonchev–Trinajstić information content (AvgIpc) is 2.90. The summed E-state index contributed by atoms with van der Waals surface area (Å²) in [4.78, 5) is 28.1. The fraction of sp³-hybridized carbons (Fsp3) is 0.600. The molecule has 2 rings (SSSR count). The van der Waals surface area contributed by atoms with E-state index in [1.54, 1.807) is 0 Å². The first-order valence-electron chi connectivity index (χ1n) is 6.96. The third-order valence-electron chi connectivity index (χ3n) is 3.37. The summed E-state index contributed by atoms with van der Waals surface area (Å²) in [5.41, 5.74) is 0.769. The Labute approximate surface area is 124 Å². The summed E-state index contributed by atoms with van der Waals surface area (Å²) in [7, 11) is 0. The molecule has 0 N–H and O–H groups in total. The Morgan fingerprint density at radius 1 is 1.15 bits per heavy atom. The largest absolute Gasteiger partial charge is 0.339 e. The van der Waals surface area contributed by atoms with Crippen LogP contribution in [0.5, 0.6) is 0 Å². The molecular formula is C15H22N2O2S. The van der Waals surface area contributed by atoms with Gasteiger partial charge in [-0.3, -0.25) is 9.59 Å². The Morgan fingerprint density at radius 2 is 1.75 bits per heavy atom. The van der Waals surface area contributed by atoms with Crippen LogP contribution in [0.15, 0.2) is 16.8 Å². The van der Waals surface area contributed by atoms with E-state index in [1.807, 2.05) is 26.6 Å². The fourth-order valence-corrected chi connectivity index (χ4v) is 2.92. The van der Waals surface area contributed by atoms with E-state index >= 15 is 0 Å². The molecule has 0 bridgehead atoms. The van der Waals surface area contributed by atoms with Crippen LogP contribution in [-0.2, 0) is 4.79 Å². The molecule has 0 aliphatic carbocycles. The minimum atomic E-state index is 0.0146. The van der Waals surface area contributed by atoms with Gasteiger partial charge in [0.2, 0.25) is 5.91 Å². The number of piperazine rings is 1. The van der Waals surface area contributed by atoms with Gasteiger partial charge in [-0.05, 0) is 16.9 Å². The van der Waals surface area contributed by atoms with E-state index in [4.69, 9.17) is 0 Å². The topological polar surface area (TPSA) is 40.6 Å². The predicted octanol–water partition coefficient (Wildman–Crippen LogP) is 2.47. The second-order valence-electron chi connectivity index (χ2n) is 6.42. The molecule has 0 aromatic carbocycles. The van der Waals surface area contributed by atoms with Gasteiger partial charge in [0.25, 0.3) is 5.91 Å². The molecule has 1 aliphatic rings. The van der Waals surface area contributed by atoms with Crippen LogP contribution in [0.1, 0.15) is 37.6 Å². The molecule has 0 radical (unpaired) electrons. The van der Waals surface area contributed by atoms with Crippen molar-refractivity contribution in [3.8, 4) is 0 Å². The number of hydrogen-bond donors (Lipinski definition) is 0. The molecule has 2 amide bonds. The molecule has 0 saturated carbocycles. The van der Waals surface area contributed by atoms with Gasteiger partial charge in [0.15, 0.2) is 0 Å². The fourth-order valence-electron chi connectivity index (χ4n) is 2.29. The van der Waals surface area contributed by atoms with Crippen molar-refractivity contribution in [2.24, 2.45) is 5.41 Å². The molecule has 2 heterocycles. The van der Waals surface area contributed by atoms with Gasteiger partial charge in [-0.25, -0.2) is 0 Å². The lowest BCUT2D eigenvalue weighted by Gasteiger charge is -2.35. The van der Waals surface area contributed by atoms with E-state index in [1.165, 1.54) is 11.3 Å². The van der Waals surface area contributed by atoms with Crippen LogP contribution in [0.25, 0.3) is 0 Å². The molecule has 0 atom stereocenters. The number of amides is 2. The lowest BCUT2D eigenvalue weighted by Crippen LogP contribution is -2.51. The second-order valence-corrected chi connectivity index (χ2v) is 7.20. The summed E-state index contributed by atoms with van der Waals surface area (Å²) >= 11 is 1.53.